The van der Waals surface area contributed by atoms with Crippen LogP contribution >= 0.6 is 0 Å². The average molecular weight is 502 g/mol. The van der Waals surface area contributed by atoms with Crippen molar-refractivity contribution in [2.45, 2.75) is 18.2 Å². The van der Waals surface area contributed by atoms with E-state index in [2.05, 4.69) is 10.2 Å². The van der Waals surface area contributed by atoms with Crippen LogP contribution in [0.4, 0.5) is 11.5 Å². The Morgan fingerprint density at radius 1 is 0.806 bits per heavy atom. The normalized spacial score (nSPS) is 15.0. The molecule has 0 bridgehead atoms. The number of carbonyl (C=O) groups excluding carboxylic acids is 1. The first-order valence-corrected chi connectivity index (χ1v) is 13.3. The van der Waals surface area contributed by atoms with Crippen LogP contribution < -0.4 is 10.2 Å². The van der Waals surface area contributed by atoms with Gasteiger partial charge in [0.25, 0.3) is 0 Å². The van der Waals surface area contributed by atoms with Crippen LogP contribution in [0.5, 0.6) is 0 Å². The highest BCUT2D eigenvalue weighted by Crippen LogP contribution is 2.31. The minimum Gasteiger partial charge on any atom is -0.353 e. The van der Waals surface area contributed by atoms with Gasteiger partial charge in [-0.25, -0.2) is 18.4 Å². The number of benzene rings is 3. The van der Waals surface area contributed by atoms with Gasteiger partial charge in [-0.1, -0.05) is 42.5 Å². The van der Waals surface area contributed by atoms with Crippen LogP contribution in [0.3, 0.4) is 0 Å². The summed E-state index contributed by atoms with van der Waals surface area (Å²) in [5.41, 5.74) is 3.95. The Morgan fingerprint density at radius 3 is 2.17 bits per heavy atom. The fourth-order valence-corrected chi connectivity index (χ4v) is 5.88. The molecule has 1 aliphatic heterocycles. The summed E-state index contributed by atoms with van der Waals surface area (Å²) in [7, 11) is -3.68. The zero-order chi connectivity index (χ0) is 25.1. The van der Waals surface area contributed by atoms with Gasteiger partial charge in [-0.15, -0.1) is 0 Å². The molecular formula is C27H27N5O3S. The van der Waals surface area contributed by atoms with Crippen molar-refractivity contribution in [1.82, 2.24) is 14.3 Å². The van der Waals surface area contributed by atoms with E-state index >= 15 is 0 Å². The second-order valence-corrected chi connectivity index (χ2v) is 10.6. The molecule has 1 N–H and O–H groups in total. The van der Waals surface area contributed by atoms with Gasteiger partial charge in [-0.2, -0.15) is 4.31 Å². The fourth-order valence-electron chi connectivity index (χ4n) is 4.41. The zero-order valence-corrected chi connectivity index (χ0v) is 20.8. The van der Waals surface area contributed by atoms with E-state index in [9.17, 15) is 13.2 Å². The second kappa shape index (κ2) is 10.0. The van der Waals surface area contributed by atoms with Crippen molar-refractivity contribution in [1.29, 1.82) is 0 Å². The number of nitrogens with zero attached hydrogens (tertiary/aromatic N) is 4. The number of aromatic nitrogens is 2. The number of anilines is 2. The maximum atomic E-state index is 13.4. The van der Waals surface area contributed by atoms with E-state index in [1.807, 2.05) is 54.6 Å². The molecule has 1 saturated heterocycles. The predicted octanol–water partition coefficient (Wildman–Crippen LogP) is 4.16. The van der Waals surface area contributed by atoms with Crippen LogP contribution in [0.2, 0.25) is 0 Å². The van der Waals surface area contributed by atoms with Gasteiger partial charge >= 0.3 is 0 Å². The summed E-state index contributed by atoms with van der Waals surface area (Å²) >= 11 is 0. The number of amides is 1. The number of nitrogens with one attached hydrogen (secondary N) is 1. The molecule has 0 unspecified atom stereocenters. The lowest BCUT2D eigenvalue weighted by molar-refractivity contribution is -0.114. The van der Waals surface area contributed by atoms with E-state index in [1.54, 1.807) is 12.1 Å². The van der Waals surface area contributed by atoms with Crippen molar-refractivity contribution in [3.05, 3.63) is 78.9 Å². The second-order valence-electron chi connectivity index (χ2n) is 8.70. The minimum absolute atomic E-state index is 0.204. The SMILES string of the molecule is CC(=O)Nc1ccc(S(=O)(=O)N2CCCN(c3nc4ccccc4nc3-c3ccccc3)CC2)cc1. The Kier molecular flexibility index (Phi) is 6.67. The van der Waals surface area contributed by atoms with Gasteiger partial charge in [0.15, 0.2) is 5.82 Å². The smallest absolute Gasteiger partial charge is 0.243 e. The van der Waals surface area contributed by atoms with Gasteiger partial charge in [0, 0.05) is 44.4 Å². The summed E-state index contributed by atoms with van der Waals surface area (Å²) in [6.45, 7) is 3.32. The maximum Gasteiger partial charge on any atom is 0.243 e. The molecule has 0 saturated carbocycles. The van der Waals surface area contributed by atoms with E-state index in [4.69, 9.17) is 9.97 Å². The number of carbonyl (C=O) groups is 1. The van der Waals surface area contributed by atoms with E-state index in [0.29, 0.717) is 38.3 Å². The van der Waals surface area contributed by atoms with E-state index < -0.39 is 10.0 Å². The third-order valence-corrected chi connectivity index (χ3v) is 8.08. The molecule has 1 amide bonds. The quantitative estimate of drug-likeness (QED) is 0.441. The molecule has 36 heavy (non-hydrogen) atoms. The van der Waals surface area contributed by atoms with Crippen molar-refractivity contribution < 1.29 is 13.2 Å². The first-order chi connectivity index (χ1) is 17.4. The molecule has 1 aromatic heterocycles. The Hall–Kier alpha value is -3.82. The molecular weight excluding hydrogens is 474 g/mol. The summed E-state index contributed by atoms with van der Waals surface area (Å²) in [6, 6.07) is 24.0. The summed E-state index contributed by atoms with van der Waals surface area (Å²) < 4.78 is 28.3. The van der Waals surface area contributed by atoms with Crippen LogP contribution in [-0.4, -0.2) is 54.8 Å². The number of rotatable bonds is 5. The molecule has 4 aromatic rings. The van der Waals surface area contributed by atoms with Gasteiger partial charge in [-0.3, -0.25) is 4.79 Å². The number of hydrogen-bond donors (Lipinski definition) is 1. The Bertz CT molecular complexity index is 1490. The number of fused-ring (bicyclic) bond motifs is 1. The Balaban J connectivity index is 1.42. The fraction of sp³-hybridized carbons (Fsp3) is 0.222. The number of sulfonamides is 1. The average Bonchev–Trinajstić information content (AvgIpc) is 3.15. The zero-order valence-electron chi connectivity index (χ0n) is 20.0. The highest BCUT2D eigenvalue weighted by atomic mass is 32.2. The third-order valence-electron chi connectivity index (χ3n) is 6.17. The van der Waals surface area contributed by atoms with Gasteiger partial charge in [0.05, 0.1) is 15.9 Å². The van der Waals surface area contributed by atoms with E-state index in [1.165, 1.54) is 23.4 Å². The highest BCUT2D eigenvalue weighted by molar-refractivity contribution is 7.89. The molecule has 0 spiro atoms. The molecule has 9 heteroatoms. The topological polar surface area (TPSA) is 95.5 Å². The number of para-hydroxylation sites is 2. The standard InChI is InChI=1S/C27H27N5O3S/c1-20(33)28-22-12-14-23(15-13-22)36(34,35)32-17-7-16-31(18-19-32)27-26(21-8-3-2-4-9-21)29-24-10-5-6-11-25(24)30-27/h2-6,8-15H,7,16-19H2,1H3,(H,28,33). The molecule has 0 aliphatic carbocycles. The molecule has 1 fully saturated rings. The van der Waals surface area contributed by atoms with Crippen molar-refractivity contribution in [2.24, 2.45) is 0 Å². The van der Waals surface area contributed by atoms with Crippen molar-refractivity contribution in [2.75, 3.05) is 36.4 Å². The molecule has 0 radical (unpaired) electrons. The van der Waals surface area contributed by atoms with Gasteiger partial charge in [-0.05, 0) is 42.8 Å². The van der Waals surface area contributed by atoms with Gasteiger partial charge < -0.3 is 10.2 Å². The first-order valence-electron chi connectivity index (χ1n) is 11.9. The van der Waals surface area contributed by atoms with Crippen LogP contribution in [0, 0.1) is 0 Å². The lowest BCUT2D eigenvalue weighted by Gasteiger charge is -2.25. The Labute approximate surface area is 210 Å². The van der Waals surface area contributed by atoms with Crippen molar-refractivity contribution in [3.63, 3.8) is 0 Å². The van der Waals surface area contributed by atoms with Gasteiger partial charge in [0.2, 0.25) is 15.9 Å². The molecule has 3 aromatic carbocycles. The third kappa shape index (κ3) is 4.93. The minimum atomic E-state index is -3.68. The van der Waals surface area contributed by atoms with E-state index in [0.717, 1.165) is 28.1 Å². The van der Waals surface area contributed by atoms with Crippen LogP contribution in [-0.2, 0) is 14.8 Å². The largest absolute Gasteiger partial charge is 0.353 e. The Morgan fingerprint density at radius 2 is 1.47 bits per heavy atom. The maximum absolute atomic E-state index is 13.4. The lowest BCUT2D eigenvalue weighted by atomic mass is 10.1. The summed E-state index contributed by atoms with van der Waals surface area (Å²) in [4.78, 5) is 23.5. The van der Waals surface area contributed by atoms with Gasteiger partial charge in [0.1, 0.15) is 5.69 Å². The molecule has 2 heterocycles. The summed E-state index contributed by atoms with van der Waals surface area (Å²) in [6.07, 6.45) is 0.659. The van der Waals surface area contributed by atoms with Crippen molar-refractivity contribution >= 4 is 38.5 Å². The monoisotopic (exact) mass is 501 g/mol. The molecule has 8 nitrogen and oxygen atoms in total. The molecule has 184 valence electrons. The molecule has 0 atom stereocenters. The molecule has 5 rings (SSSR count). The van der Waals surface area contributed by atoms with Crippen LogP contribution in [0.25, 0.3) is 22.3 Å². The highest BCUT2D eigenvalue weighted by Gasteiger charge is 2.28. The summed E-state index contributed by atoms with van der Waals surface area (Å²) in [5, 5.41) is 2.66. The molecule has 1 aliphatic rings. The number of hydrogen-bond acceptors (Lipinski definition) is 6. The van der Waals surface area contributed by atoms with Crippen LogP contribution in [0.15, 0.2) is 83.8 Å². The first kappa shape index (κ1) is 23.9. The predicted molar refractivity (Wildman–Crippen MR) is 141 cm³/mol. The van der Waals surface area contributed by atoms with E-state index in [-0.39, 0.29) is 10.8 Å². The summed E-state index contributed by atoms with van der Waals surface area (Å²) in [5.74, 6) is 0.559. The van der Waals surface area contributed by atoms with Crippen molar-refractivity contribution in [3.8, 4) is 11.3 Å². The van der Waals surface area contributed by atoms with Crippen LogP contribution in [0.1, 0.15) is 13.3 Å². The lowest BCUT2D eigenvalue weighted by Crippen LogP contribution is -2.35.